The Bertz CT molecular complexity index is 436. The van der Waals surface area contributed by atoms with E-state index in [9.17, 15) is 4.79 Å². The molecular formula is C15H25N3OS. The van der Waals surface area contributed by atoms with Gasteiger partial charge in [-0.05, 0) is 38.3 Å². The number of aromatic nitrogens is 1. The number of carbonyl (C=O) groups excluding carboxylic acids is 1. The first kappa shape index (κ1) is 15.4. The molecule has 0 atom stereocenters. The zero-order chi connectivity index (χ0) is 14.5. The number of likely N-dealkylation sites (tertiary alicyclic amines) is 1. The molecule has 1 amide bonds. The fourth-order valence-corrected chi connectivity index (χ4v) is 3.62. The first-order valence-corrected chi connectivity index (χ1v) is 8.36. The molecule has 2 heterocycles. The molecule has 112 valence electrons. The van der Waals surface area contributed by atoms with Crippen LogP contribution in [0.15, 0.2) is 5.38 Å². The van der Waals surface area contributed by atoms with Gasteiger partial charge in [-0.1, -0.05) is 13.8 Å². The smallest absolute Gasteiger partial charge is 0.273 e. The standard InChI is InChI=1S/C15H25N3OS/c1-11(2)8-14-17-13(10-20-14)15(19)18-6-4-12(5-7-18)9-16-3/h10-12,16H,4-9H2,1-3H3. The molecule has 1 N–H and O–H groups in total. The van der Waals surface area contributed by atoms with Gasteiger partial charge < -0.3 is 10.2 Å². The second-order valence-electron chi connectivity index (χ2n) is 6.02. The van der Waals surface area contributed by atoms with Crippen LogP contribution >= 0.6 is 11.3 Å². The maximum atomic E-state index is 12.4. The summed E-state index contributed by atoms with van der Waals surface area (Å²) in [5.74, 6) is 1.40. The van der Waals surface area contributed by atoms with Crippen molar-refractivity contribution in [3.63, 3.8) is 0 Å². The summed E-state index contributed by atoms with van der Waals surface area (Å²) >= 11 is 1.61. The molecular weight excluding hydrogens is 270 g/mol. The van der Waals surface area contributed by atoms with E-state index >= 15 is 0 Å². The maximum Gasteiger partial charge on any atom is 0.273 e. The van der Waals surface area contributed by atoms with Crippen molar-refractivity contribution in [2.24, 2.45) is 11.8 Å². The monoisotopic (exact) mass is 295 g/mol. The van der Waals surface area contributed by atoms with Crippen molar-refractivity contribution >= 4 is 17.2 Å². The van der Waals surface area contributed by atoms with Crippen LogP contribution < -0.4 is 5.32 Å². The lowest BCUT2D eigenvalue weighted by molar-refractivity contribution is 0.0685. The van der Waals surface area contributed by atoms with E-state index in [1.807, 2.05) is 17.3 Å². The normalized spacial score (nSPS) is 16.9. The molecule has 1 aromatic heterocycles. The van der Waals surface area contributed by atoms with Gasteiger partial charge in [-0.25, -0.2) is 4.98 Å². The predicted molar refractivity (Wildman–Crippen MR) is 83.2 cm³/mol. The van der Waals surface area contributed by atoms with Gasteiger partial charge in [0, 0.05) is 24.9 Å². The number of carbonyl (C=O) groups is 1. The van der Waals surface area contributed by atoms with Crippen LogP contribution in [0.4, 0.5) is 0 Å². The van der Waals surface area contributed by atoms with Gasteiger partial charge in [0.1, 0.15) is 5.69 Å². The van der Waals surface area contributed by atoms with Crippen LogP contribution in [0.5, 0.6) is 0 Å². The summed E-state index contributed by atoms with van der Waals surface area (Å²) in [6, 6.07) is 0. The average molecular weight is 295 g/mol. The quantitative estimate of drug-likeness (QED) is 0.907. The summed E-state index contributed by atoms with van der Waals surface area (Å²) in [6.45, 7) is 7.13. The van der Waals surface area contributed by atoms with Gasteiger partial charge in [0.15, 0.2) is 0 Å². The number of amides is 1. The number of rotatable bonds is 5. The zero-order valence-electron chi connectivity index (χ0n) is 12.7. The molecule has 0 radical (unpaired) electrons. The van der Waals surface area contributed by atoms with Crippen molar-refractivity contribution in [3.05, 3.63) is 16.1 Å². The Balaban J connectivity index is 1.90. The molecule has 1 aliphatic rings. The molecule has 1 aliphatic heterocycles. The second-order valence-corrected chi connectivity index (χ2v) is 6.96. The number of piperidine rings is 1. The molecule has 0 bridgehead atoms. The third-order valence-corrected chi connectivity index (χ3v) is 4.62. The van der Waals surface area contributed by atoms with Crippen LogP contribution in [0.2, 0.25) is 0 Å². The minimum absolute atomic E-state index is 0.110. The van der Waals surface area contributed by atoms with Crippen LogP contribution in [-0.4, -0.2) is 42.5 Å². The summed E-state index contributed by atoms with van der Waals surface area (Å²) in [7, 11) is 1.99. The number of nitrogens with one attached hydrogen (secondary N) is 1. The van der Waals surface area contributed by atoms with Crippen molar-refractivity contribution in [1.82, 2.24) is 15.2 Å². The lowest BCUT2D eigenvalue weighted by Crippen LogP contribution is -2.40. The van der Waals surface area contributed by atoms with E-state index in [-0.39, 0.29) is 5.91 Å². The third-order valence-electron chi connectivity index (χ3n) is 3.75. The van der Waals surface area contributed by atoms with Gasteiger partial charge in [0.25, 0.3) is 5.91 Å². The van der Waals surface area contributed by atoms with Gasteiger partial charge in [0.05, 0.1) is 5.01 Å². The van der Waals surface area contributed by atoms with Gasteiger partial charge in [-0.15, -0.1) is 11.3 Å². The van der Waals surface area contributed by atoms with Crippen molar-refractivity contribution in [2.75, 3.05) is 26.7 Å². The molecule has 1 fully saturated rings. The van der Waals surface area contributed by atoms with E-state index in [4.69, 9.17) is 0 Å². The Hall–Kier alpha value is -0.940. The highest BCUT2D eigenvalue weighted by Gasteiger charge is 2.24. The van der Waals surface area contributed by atoms with Gasteiger partial charge in [0.2, 0.25) is 0 Å². The number of thiazole rings is 1. The highest BCUT2D eigenvalue weighted by molar-refractivity contribution is 7.09. The van der Waals surface area contributed by atoms with E-state index in [2.05, 4.69) is 24.1 Å². The topological polar surface area (TPSA) is 45.2 Å². The van der Waals surface area contributed by atoms with Crippen LogP contribution in [0.3, 0.4) is 0 Å². The molecule has 0 unspecified atom stereocenters. The third kappa shape index (κ3) is 4.03. The van der Waals surface area contributed by atoms with Crippen molar-refractivity contribution in [1.29, 1.82) is 0 Å². The van der Waals surface area contributed by atoms with E-state index < -0.39 is 0 Å². The summed E-state index contributed by atoms with van der Waals surface area (Å²) in [6.07, 6.45) is 3.15. The molecule has 4 nitrogen and oxygen atoms in total. The maximum absolute atomic E-state index is 12.4. The summed E-state index contributed by atoms with van der Waals surface area (Å²) in [5.41, 5.74) is 0.637. The second kappa shape index (κ2) is 7.18. The highest BCUT2D eigenvalue weighted by atomic mass is 32.1. The number of hydrogen-bond donors (Lipinski definition) is 1. The van der Waals surface area contributed by atoms with Gasteiger partial charge in [-0.2, -0.15) is 0 Å². The summed E-state index contributed by atoms with van der Waals surface area (Å²) in [5, 5.41) is 6.21. The fraction of sp³-hybridized carbons (Fsp3) is 0.733. The van der Waals surface area contributed by atoms with E-state index in [0.29, 0.717) is 17.5 Å². The zero-order valence-corrected chi connectivity index (χ0v) is 13.5. The first-order valence-electron chi connectivity index (χ1n) is 7.48. The molecule has 0 aliphatic carbocycles. The molecule has 5 heteroatoms. The summed E-state index contributed by atoms with van der Waals surface area (Å²) in [4.78, 5) is 18.9. The highest BCUT2D eigenvalue weighted by Crippen LogP contribution is 2.20. The van der Waals surface area contributed by atoms with Crippen molar-refractivity contribution < 1.29 is 4.79 Å². The molecule has 0 spiro atoms. The Morgan fingerprint density at radius 3 is 2.80 bits per heavy atom. The van der Waals surface area contributed by atoms with E-state index in [1.54, 1.807) is 11.3 Å². The number of nitrogens with zero attached hydrogens (tertiary/aromatic N) is 2. The van der Waals surface area contributed by atoms with Gasteiger partial charge in [-0.3, -0.25) is 4.79 Å². The largest absolute Gasteiger partial charge is 0.337 e. The molecule has 1 saturated heterocycles. The Labute approximate surface area is 125 Å². The van der Waals surface area contributed by atoms with E-state index in [1.165, 1.54) is 0 Å². The molecule has 1 aromatic rings. The lowest BCUT2D eigenvalue weighted by Gasteiger charge is -2.31. The summed E-state index contributed by atoms with van der Waals surface area (Å²) < 4.78 is 0. The molecule has 20 heavy (non-hydrogen) atoms. The Morgan fingerprint density at radius 2 is 2.20 bits per heavy atom. The Morgan fingerprint density at radius 1 is 1.50 bits per heavy atom. The minimum Gasteiger partial charge on any atom is -0.337 e. The van der Waals surface area contributed by atoms with E-state index in [0.717, 1.165) is 43.9 Å². The molecule has 0 aromatic carbocycles. The van der Waals surface area contributed by atoms with Gasteiger partial charge >= 0.3 is 0 Å². The van der Waals surface area contributed by atoms with Crippen LogP contribution in [0.25, 0.3) is 0 Å². The Kier molecular flexibility index (Phi) is 5.54. The van der Waals surface area contributed by atoms with Crippen molar-refractivity contribution in [3.8, 4) is 0 Å². The SMILES string of the molecule is CNCC1CCN(C(=O)c2csc(CC(C)C)n2)CC1. The number of hydrogen-bond acceptors (Lipinski definition) is 4. The van der Waals surface area contributed by atoms with Crippen LogP contribution in [-0.2, 0) is 6.42 Å². The average Bonchev–Trinajstić information content (AvgIpc) is 2.87. The predicted octanol–water partition coefficient (Wildman–Crippen LogP) is 2.41. The lowest BCUT2D eigenvalue weighted by atomic mass is 9.97. The minimum atomic E-state index is 0.110. The fourth-order valence-electron chi connectivity index (χ4n) is 2.64. The first-order chi connectivity index (χ1) is 9.60. The molecule has 0 saturated carbocycles. The van der Waals surface area contributed by atoms with Crippen molar-refractivity contribution in [2.45, 2.75) is 33.1 Å². The molecule has 2 rings (SSSR count). The van der Waals surface area contributed by atoms with Crippen LogP contribution in [0.1, 0.15) is 42.2 Å². The van der Waals surface area contributed by atoms with Crippen LogP contribution in [0, 0.1) is 11.8 Å².